The maximum Gasteiger partial charge on any atom is 0.129 e. The van der Waals surface area contributed by atoms with E-state index in [9.17, 15) is 9.65 Å². The van der Waals surface area contributed by atoms with Crippen LogP contribution in [0.1, 0.15) is 17.5 Å². The average molecular weight is 344 g/mol. The number of anilines is 1. The highest BCUT2D eigenvalue weighted by Crippen LogP contribution is 2.24. The minimum absolute atomic E-state index is 0.251. The molecule has 3 rings (SSSR count). The molecule has 2 aromatic rings. The fourth-order valence-corrected chi connectivity index (χ4v) is 3.34. The number of hydrogen-bond acceptors (Lipinski definition) is 3. The topological polar surface area (TPSA) is 30.3 Å². The van der Waals surface area contributed by atoms with Gasteiger partial charge in [0.05, 0.1) is 11.3 Å². The summed E-state index contributed by atoms with van der Waals surface area (Å²) in [7, 11) is 0. The number of para-hydroxylation sites is 1. The number of hydrogen-bond donors (Lipinski definition) is 0. The Morgan fingerprint density at radius 1 is 1.04 bits per heavy atom. The van der Waals surface area contributed by atoms with Crippen LogP contribution < -0.4 is 4.90 Å². The van der Waals surface area contributed by atoms with Gasteiger partial charge in [-0.2, -0.15) is 5.26 Å². The number of rotatable bonds is 3. The normalized spacial score (nSPS) is 15.8. The Labute approximate surface area is 146 Å². The first kappa shape index (κ1) is 16.8. The van der Waals surface area contributed by atoms with E-state index in [2.05, 4.69) is 15.9 Å². The second-order valence-electron chi connectivity index (χ2n) is 5.95. The number of nitriles is 1. The van der Waals surface area contributed by atoms with Crippen LogP contribution in [0.3, 0.4) is 0 Å². The summed E-state index contributed by atoms with van der Waals surface area (Å²) in [5, 5.41) is 9.76. The van der Waals surface area contributed by atoms with Crippen LogP contribution in [0.2, 0.25) is 5.02 Å². The third kappa shape index (κ3) is 3.69. The largest absolute Gasteiger partial charge is 0.369 e. The van der Waals surface area contributed by atoms with Gasteiger partial charge in [-0.25, -0.2) is 4.39 Å². The lowest BCUT2D eigenvalue weighted by atomic mass is 10.1. The maximum absolute atomic E-state index is 14.0. The van der Waals surface area contributed by atoms with Crippen molar-refractivity contribution >= 4 is 17.3 Å². The summed E-state index contributed by atoms with van der Waals surface area (Å²) in [6.07, 6.45) is 0.964. The molecule has 0 amide bonds. The van der Waals surface area contributed by atoms with Crippen molar-refractivity contribution in [2.24, 2.45) is 0 Å². The highest BCUT2D eigenvalue weighted by atomic mass is 35.5. The highest BCUT2D eigenvalue weighted by Gasteiger charge is 2.19. The van der Waals surface area contributed by atoms with Gasteiger partial charge in [0.2, 0.25) is 0 Å². The van der Waals surface area contributed by atoms with Crippen LogP contribution in [-0.4, -0.2) is 31.1 Å². The molecule has 0 aromatic heterocycles. The molecule has 1 aliphatic heterocycles. The van der Waals surface area contributed by atoms with Crippen LogP contribution >= 0.6 is 11.6 Å². The zero-order valence-electron chi connectivity index (χ0n) is 13.4. The molecule has 0 N–H and O–H groups in total. The van der Waals surface area contributed by atoms with E-state index < -0.39 is 0 Å². The lowest BCUT2D eigenvalue weighted by Gasteiger charge is -2.24. The van der Waals surface area contributed by atoms with Gasteiger partial charge in [-0.1, -0.05) is 29.8 Å². The van der Waals surface area contributed by atoms with Gasteiger partial charge in [0, 0.05) is 43.3 Å². The van der Waals surface area contributed by atoms with Crippen molar-refractivity contribution < 1.29 is 4.39 Å². The Kier molecular flexibility index (Phi) is 5.34. The van der Waals surface area contributed by atoms with E-state index in [0.717, 1.165) is 38.3 Å². The fraction of sp³-hybridized carbons (Fsp3) is 0.316. The zero-order chi connectivity index (χ0) is 16.9. The van der Waals surface area contributed by atoms with E-state index in [-0.39, 0.29) is 5.82 Å². The summed E-state index contributed by atoms with van der Waals surface area (Å²) < 4.78 is 14.0. The fourth-order valence-electron chi connectivity index (χ4n) is 3.12. The van der Waals surface area contributed by atoms with Crippen LogP contribution in [0.4, 0.5) is 10.1 Å². The molecule has 124 valence electrons. The molecule has 0 unspecified atom stereocenters. The Hall–Kier alpha value is -2.09. The molecule has 0 saturated carbocycles. The number of nitrogens with zero attached hydrogens (tertiary/aromatic N) is 3. The molecular weight excluding hydrogens is 325 g/mol. The maximum atomic E-state index is 14.0. The third-order valence-electron chi connectivity index (χ3n) is 4.40. The van der Waals surface area contributed by atoms with Gasteiger partial charge in [0.1, 0.15) is 11.9 Å². The van der Waals surface area contributed by atoms with Crippen LogP contribution in [0.25, 0.3) is 0 Å². The van der Waals surface area contributed by atoms with Gasteiger partial charge in [-0.3, -0.25) is 4.90 Å². The minimum atomic E-state index is -0.251. The highest BCUT2D eigenvalue weighted by molar-refractivity contribution is 6.31. The average Bonchev–Trinajstić information content (AvgIpc) is 2.84. The van der Waals surface area contributed by atoms with Crippen LogP contribution in [-0.2, 0) is 6.54 Å². The third-order valence-corrected chi connectivity index (χ3v) is 4.75. The summed E-state index contributed by atoms with van der Waals surface area (Å²) in [5.74, 6) is -0.251. The van der Waals surface area contributed by atoms with Gasteiger partial charge in [0.15, 0.2) is 0 Å². The smallest absolute Gasteiger partial charge is 0.129 e. The van der Waals surface area contributed by atoms with Crippen molar-refractivity contribution in [1.29, 1.82) is 5.26 Å². The van der Waals surface area contributed by atoms with E-state index in [0.29, 0.717) is 22.7 Å². The van der Waals surface area contributed by atoms with Crippen molar-refractivity contribution in [3.8, 4) is 6.07 Å². The van der Waals surface area contributed by atoms with E-state index in [1.54, 1.807) is 12.1 Å². The molecule has 3 nitrogen and oxygen atoms in total. The van der Waals surface area contributed by atoms with Crippen molar-refractivity contribution in [3.05, 3.63) is 64.4 Å². The van der Waals surface area contributed by atoms with E-state index in [4.69, 9.17) is 11.6 Å². The predicted octanol–water partition coefficient (Wildman–Crippen LogP) is 4.06. The molecule has 1 fully saturated rings. The molecule has 0 bridgehead atoms. The molecule has 1 saturated heterocycles. The lowest BCUT2D eigenvalue weighted by molar-refractivity contribution is 0.281. The molecule has 2 aromatic carbocycles. The molecule has 1 aliphatic rings. The molecule has 0 aliphatic carbocycles. The van der Waals surface area contributed by atoms with Crippen molar-refractivity contribution in [2.75, 3.05) is 31.1 Å². The molecular formula is C19H19ClFN3. The van der Waals surface area contributed by atoms with Gasteiger partial charge >= 0.3 is 0 Å². The first-order chi connectivity index (χ1) is 11.7. The van der Waals surface area contributed by atoms with Gasteiger partial charge in [0.25, 0.3) is 0 Å². The quantitative estimate of drug-likeness (QED) is 0.841. The molecule has 0 radical (unpaired) electrons. The summed E-state index contributed by atoms with van der Waals surface area (Å²) >= 11 is 6.14. The monoisotopic (exact) mass is 343 g/mol. The van der Waals surface area contributed by atoms with Crippen molar-refractivity contribution in [3.63, 3.8) is 0 Å². The molecule has 24 heavy (non-hydrogen) atoms. The summed E-state index contributed by atoms with van der Waals surface area (Å²) in [4.78, 5) is 4.46. The molecule has 0 atom stereocenters. The van der Waals surface area contributed by atoms with E-state index in [1.165, 1.54) is 6.07 Å². The van der Waals surface area contributed by atoms with Crippen LogP contribution in [0.15, 0.2) is 42.5 Å². The lowest BCUT2D eigenvalue weighted by Crippen LogP contribution is -2.31. The summed E-state index contributed by atoms with van der Waals surface area (Å²) in [6.45, 7) is 3.91. The van der Waals surface area contributed by atoms with Crippen molar-refractivity contribution in [2.45, 2.75) is 13.0 Å². The molecule has 0 spiro atoms. The molecule has 1 heterocycles. The minimum Gasteiger partial charge on any atom is -0.369 e. The number of halogens is 2. The van der Waals surface area contributed by atoms with E-state index in [1.807, 2.05) is 24.3 Å². The Balaban J connectivity index is 1.71. The van der Waals surface area contributed by atoms with Gasteiger partial charge in [-0.15, -0.1) is 0 Å². The SMILES string of the molecule is N#Cc1ccccc1N1CCCN(Cc2c(F)cccc2Cl)CC1. The van der Waals surface area contributed by atoms with Gasteiger partial charge in [-0.05, 0) is 30.7 Å². The first-order valence-electron chi connectivity index (χ1n) is 8.08. The zero-order valence-corrected chi connectivity index (χ0v) is 14.1. The van der Waals surface area contributed by atoms with Crippen LogP contribution in [0.5, 0.6) is 0 Å². The Bertz CT molecular complexity index is 736. The summed E-state index contributed by atoms with van der Waals surface area (Å²) in [5.41, 5.74) is 2.24. The second-order valence-corrected chi connectivity index (χ2v) is 6.35. The summed E-state index contributed by atoms with van der Waals surface area (Å²) in [6, 6.07) is 14.7. The Morgan fingerprint density at radius 2 is 1.88 bits per heavy atom. The number of benzene rings is 2. The van der Waals surface area contributed by atoms with Gasteiger partial charge < -0.3 is 4.90 Å². The van der Waals surface area contributed by atoms with Crippen molar-refractivity contribution in [1.82, 2.24) is 4.90 Å². The first-order valence-corrected chi connectivity index (χ1v) is 8.46. The standard InChI is InChI=1S/C19H19ClFN3/c20-17-6-3-7-18(21)16(17)14-23-9-4-10-24(12-11-23)19-8-2-1-5-15(19)13-22/h1-3,5-8H,4,9-12,14H2. The second kappa shape index (κ2) is 7.65. The predicted molar refractivity (Wildman–Crippen MR) is 94.7 cm³/mol. The molecule has 5 heteroatoms. The van der Waals surface area contributed by atoms with E-state index >= 15 is 0 Å². The van der Waals surface area contributed by atoms with Crippen LogP contribution in [0, 0.1) is 17.1 Å². The Morgan fingerprint density at radius 3 is 2.67 bits per heavy atom.